The van der Waals surface area contributed by atoms with Crippen LogP contribution < -0.4 is 0 Å². The summed E-state index contributed by atoms with van der Waals surface area (Å²) < 4.78 is 0. The van der Waals surface area contributed by atoms with Crippen LogP contribution in [-0.4, -0.2) is 20.9 Å². The van der Waals surface area contributed by atoms with Gasteiger partial charge in [-0.15, -0.1) is 29.1 Å². The number of hydrogen-bond acceptors (Lipinski definition) is 4. The maximum Gasteiger partial charge on any atom is 0.162 e. The number of hydrogen-bond donors (Lipinski definition) is 1. The van der Waals surface area contributed by atoms with E-state index in [1.54, 1.807) is 6.33 Å². The molecular weight excluding hydrogens is 721 g/mol. The van der Waals surface area contributed by atoms with Gasteiger partial charge in [-0.1, -0.05) is 96.7 Å². The minimum atomic E-state index is 0. The van der Waals surface area contributed by atoms with Crippen LogP contribution in [0.3, 0.4) is 0 Å². The zero-order chi connectivity index (χ0) is 30.1. The molecule has 1 heterocycles. The second-order valence-electron chi connectivity index (χ2n) is 11.9. The molecule has 0 spiro atoms. The van der Waals surface area contributed by atoms with Gasteiger partial charge in [-0.2, -0.15) is 0 Å². The van der Waals surface area contributed by atoms with E-state index in [4.69, 9.17) is 0 Å². The Morgan fingerprint density at radius 1 is 0.909 bits per heavy atom. The number of fused-ring (bicyclic) bond motifs is 2. The molecule has 1 fully saturated rings. The van der Waals surface area contributed by atoms with E-state index in [1.807, 2.05) is 33.8 Å². The molecule has 5 rings (SSSR count). The number of nitrogens with zero attached hydrogens (tertiary/aromatic N) is 2. The Morgan fingerprint density at radius 2 is 1.57 bits per heavy atom. The Bertz CT molecular complexity index is 1490. The number of aromatic nitrogens is 2. The fourth-order valence-electron chi connectivity index (χ4n) is 6.26. The van der Waals surface area contributed by atoms with E-state index in [1.165, 1.54) is 48.1 Å². The first-order valence-corrected chi connectivity index (χ1v) is 16.0. The molecule has 0 amide bonds. The summed E-state index contributed by atoms with van der Waals surface area (Å²) in [5, 5.41) is 13.3. The van der Waals surface area contributed by atoms with Gasteiger partial charge in [-0.3, -0.25) is 9.78 Å². The smallest absolute Gasteiger partial charge is 0.162 e. The van der Waals surface area contributed by atoms with Crippen LogP contribution in [0.15, 0.2) is 72.8 Å². The molecule has 0 bridgehead atoms. The standard InChI is InChI=1S/C25H23N2.C13H24O2.CH4.Ir/c1-17-9-11-18(12-10-17)20-13-14-24-23(15-20)25(27-16-26-24)22-8-4-6-19-5-2-3-7-21(19)22;1-5-10(6-2)12(14)9-13(15)11(7-3)8-4;;/h2-7,13-18H,9-12H2,1H3;9-11,14H,5-8H2,1-4H3;1H4;/q-1;;;. The average molecular weight is 772 g/mol. The fourth-order valence-corrected chi connectivity index (χ4v) is 6.26. The molecular formula is C39H51IrN2O2-. The summed E-state index contributed by atoms with van der Waals surface area (Å²) in [7, 11) is 0. The van der Waals surface area contributed by atoms with E-state index >= 15 is 0 Å². The Morgan fingerprint density at radius 3 is 2.23 bits per heavy atom. The van der Waals surface area contributed by atoms with Gasteiger partial charge in [0.1, 0.15) is 6.33 Å². The van der Waals surface area contributed by atoms with Crippen molar-refractivity contribution in [3.8, 4) is 11.3 Å². The summed E-state index contributed by atoms with van der Waals surface area (Å²) >= 11 is 0. The first-order valence-electron chi connectivity index (χ1n) is 16.0. The topological polar surface area (TPSA) is 63.1 Å². The third-order valence-electron chi connectivity index (χ3n) is 9.19. The quantitative estimate of drug-likeness (QED) is 0.105. The molecule has 1 aliphatic carbocycles. The second-order valence-corrected chi connectivity index (χ2v) is 11.9. The molecule has 1 N–H and O–H groups in total. The van der Waals surface area contributed by atoms with Crippen LogP contribution in [0, 0.1) is 23.8 Å². The second kappa shape index (κ2) is 18.2. The maximum atomic E-state index is 11.7. The third kappa shape index (κ3) is 9.08. The van der Waals surface area contributed by atoms with E-state index in [9.17, 15) is 9.90 Å². The van der Waals surface area contributed by atoms with Gasteiger partial charge in [-0.05, 0) is 73.1 Å². The van der Waals surface area contributed by atoms with Crippen molar-refractivity contribution in [2.24, 2.45) is 17.8 Å². The SMILES string of the molecule is C.CC1CCC(c2ccc3ncnc(-c4[c-]ccc5ccccc45)c3c2)CC1.CCC(CC)C(=O)C=C(O)C(CC)CC.[Ir]. The van der Waals surface area contributed by atoms with E-state index < -0.39 is 0 Å². The predicted molar refractivity (Wildman–Crippen MR) is 182 cm³/mol. The number of aliphatic hydroxyl groups is 1. The van der Waals surface area contributed by atoms with Crippen LogP contribution in [0.4, 0.5) is 0 Å². The van der Waals surface area contributed by atoms with E-state index in [0.717, 1.165) is 53.8 Å². The van der Waals surface area contributed by atoms with E-state index in [0.29, 0.717) is 5.92 Å². The maximum absolute atomic E-state index is 11.7. The molecule has 1 saturated carbocycles. The molecule has 1 radical (unpaired) electrons. The average Bonchev–Trinajstić information content (AvgIpc) is 3.02. The van der Waals surface area contributed by atoms with Crippen molar-refractivity contribution in [2.45, 2.75) is 99.3 Å². The first-order chi connectivity index (χ1) is 20.4. The summed E-state index contributed by atoms with van der Waals surface area (Å²) in [6.07, 6.45) is 11.8. The molecule has 0 atom stereocenters. The third-order valence-corrected chi connectivity index (χ3v) is 9.19. The number of rotatable bonds is 9. The van der Waals surface area contributed by atoms with Gasteiger partial charge < -0.3 is 5.11 Å². The van der Waals surface area contributed by atoms with Crippen LogP contribution >= 0.6 is 0 Å². The van der Waals surface area contributed by atoms with Crippen molar-refractivity contribution in [3.05, 3.63) is 84.4 Å². The van der Waals surface area contributed by atoms with Gasteiger partial charge >= 0.3 is 0 Å². The van der Waals surface area contributed by atoms with Gasteiger partial charge in [0.2, 0.25) is 0 Å². The first kappa shape index (κ1) is 37.3. The number of ketones is 1. The fraction of sp³-hybridized carbons (Fsp3) is 0.462. The number of carbonyl (C=O) groups is 1. The van der Waals surface area contributed by atoms with Crippen molar-refractivity contribution in [3.63, 3.8) is 0 Å². The molecule has 239 valence electrons. The number of carbonyl (C=O) groups excluding carboxylic acids is 1. The minimum Gasteiger partial charge on any atom is -0.512 e. The predicted octanol–water partition coefficient (Wildman–Crippen LogP) is 11.0. The van der Waals surface area contributed by atoms with Gasteiger partial charge in [0, 0.05) is 38.0 Å². The van der Waals surface area contributed by atoms with E-state index in [-0.39, 0.29) is 50.9 Å². The molecule has 1 aliphatic rings. The normalized spacial score (nSPS) is 16.7. The van der Waals surface area contributed by atoms with Crippen LogP contribution in [0.1, 0.15) is 105 Å². The van der Waals surface area contributed by atoms with Gasteiger partial charge in [0.25, 0.3) is 0 Å². The Labute approximate surface area is 279 Å². The van der Waals surface area contributed by atoms with Crippen molar-refractivity contribution in [1.29, 1.82) is 0 Å². The van der Waals surface area contributed by atoms with Gasteiger partial charge in [-0.25, -0.2) is 4.98 Å². The van der Waals surface area contributed by atoms with Crippen molar-refractivity contribution < 1.29 is 30.0 Å². The molecule has 3 aromatic carbocycles. The van der Waals surface area contributed by atoms with Crippen molar-refractivity contribution in [1.82, 2.24) is 9.97 Å². The number of allylic oxidation sites excluding steroid dienone is 2. The summed E-state index contributed by atoms with van der Waals surface area (Å²) in [6, 6.07) is 22.8. The number of benzene rings is 3. The zero-order valence-electron chi connectivity index (χ0n) is 26.4. The monoisotopic (exact) mass is 772 g/mol. The molecule has 0 unspecified atom stereocenters. The van der Waals surface area contributed by atoms with Crippen LogP contribution in [0.5, 0.6) is 0 Å². The molecule has 5 heteroatoms. The zero-order valence-corrected chi connectivity index (χ0v) is 28.8. The molecule has 4 aromatic rings. The minimum absolute atomic E-state index is 0. The van der Waals surface area contributed by atoms with Gasteiger partial charge in [0.05, 0.1) is 11.3 Å². The summed E-state index contributed by atoms with van der Waals surface area (Å²) in [6.45, 7) is 10.4. The molecule has 0 saturated heterocycles. The molecule has 4 nitrogen and oxygen atoms in total. The largest absolute Gasteiger partial charge is 0.512 e. The van der Waals surface area contributed by atoms with Crippen LogP contribution in [0.25, 0.3) is 32.9 Å². The van der Waals surface area contributed by atoms with Crippen molar-refractivity contribution in [2.75, 3.05) is 0 Å². The summed E-state index contributed by atoms with van der Waals surface area (Å²) in [4.78, 5) is 20.9. The summed E-state index contributed by atoms with van der Waals surface area (Å²) in [5.74, 6) is 2.08. The molecule has 44 heavy (non-hydrogen) atoms. The number of aliphatic hydroxyl groups excluding tert-OH is 1. The van der Waals surface area contributed by atoms with Crippen molar-refractivity contribution >= 4 is 27.5 Å². The Hall–Kier alpha value is -2.88. The van der Waals surface area contributed by atoms with Crippen LogP contribution in [-0.2, 0) is 24.9 Å². The Kier molecular flexibility index (Phi) is 15.4. The Balaban J connectivity index is 0.000000346. The summed E-state index contributed by atoms with van der Waals surface area (Å²) in [5.41, 5.74) is 4.50. The molecule has 1 aromatic heterocycles. The molecule has 0 aliphatic heterocycles. The van der Waals surface area contributed by atoms with Crippen LogP contribution in [0.2, 0.25) is 0 Å². The van der Waals surface area contributed by atoms with E-state index in [2.05, 4.69) is 71.5 Å². The van der Waals surface area contributed by atoms with Gasteiger partial charge in [0.15, 0.2) is 5.78 Å².